The zero-order valence-corrected chi connectivity index (χ0v) is 19.1. The van der Waals surface area contributed by atoms with E-state index in [1.165, 1.54) is 32.0 Å². The summed E-state index contributed by atoms with van der Waals surface area (Å²) >= 11 is 0. The van der Waals surface area contributed by atoms with Crippen LogP contribution in [0.1, 0.15) is 34.6 Å². The fraction of sp³-hybridized carbons (Fsp3) is 0.154. The van der Waals surface area contributed by atoms with E-state index in [1.54, 1.807) is 60.7 Å². The summed E-state index contributed by atoms with van der Waals surface area (Å²) in [5.41, 5.74) is 2.04. The fourth-order valence-corrected chi connectivity index (χ4v) is 3.01. The Morgan fingerprint density at radius 2 is 1.26 bits per heavy atom. The molecule has 0 saturated heterocycles. The maximum Gasteiger partial charge on any atom is 0.335 e. The van der Waals surface area contributed by atoms with Crippen LogP contribution < -0.4 is 14.9 Å². The third kappa shape index (κ3) is 6.67. The number of carboxylic acid groups (broad SMARTS) is 1. The van der Waals surface area contributed by atoms with Crippen molar-refractivity contribution in [2.45, 2.75) is 26.1 Å². The second kappa shape index (κ2) is 11.5. The van der Waals surface area contributed by atoms with Crippen molar-refractivity contribution in [3.8, 4) is 11.5 Å². The minimum absolute atomic E-state index is 0.109. The fourth-order valence-electron chi connectivity index (χ4n) is 3.01. The van der Waals surface area contributed by atoms with E-state index in [9.17, 15) is 24.3 Å². The molecule has 2 unspecified atom stereocenters. The summed E-state index contributed by atoms with van der Waals surface area (Å²) in [5, 5.41) is 9.77. The monoisotopic (exact) mass is 476 g/mol. The molecule has 9 nitrogen and oxygen atoms in total. The van der Waals surface area contributed by atoms with Gasteiger partial charge in [-0.3, -0.25) is 19.8 Å². The lowest BCUT2D eigenvalue weighted by Crippen LogP contribution is -2.56. The lowest BCUT2D eigenvalue weighted by molar-refractivity contribution is -0.145. The average Bonchev–Trinajstić information content (AvgIpc) is 2.87. The first-order chi connectivity index (χ1) is 16.8. The van der Waals surface area contributed by atoms with Crippen molar-refractivity contribution in [1.29, 1.82) is 0 Å². The number of rotatable bonds is 8. The Morgan fingerprint density at radius 1 is 0.743 bits per heavy atom. The molecule has 0 aromatic heterocycles. The van der Waals surface area contributed by atoms with E-state index in [0.29, 0.717) is 16.5 Å². The number of hydrogen-bond donors (Lipinski definition) is 2. The predicted octanol–water partition coefficient (Wildman–Crippen LogP) is 3.32. The van der Waals surface area contributed by atoms with Crippen LogP contribution in [-0.4, -0.2) is 46.0 Å². The molecule has 2 atom stereocenters. The van der Waals surface area contributed by atoms with Crippen LogP contribution in [0.5, 0.6) is 11.5 Å². The van der Waals surface area contributed by atoms with Crippen molar-refractivity contribution in [3.05, 3.63) is 96.1 Å². The Hall–Kier alpha value is -4.66. The minimum Gasteiger partial charge on any atom is -0.481 e. The lowest BCUT2D eigenvalue weighted by atomic mass is 10.1. The van der Waals surface area contributed by atoms with Crippen LogP contribution >= 0.6 is 0 Å². The van der Waals surface area contributed by atoms with Gasteiger partial charge in [-0.1, -0.05) is 42.5 Å². The van der Waals surface area contributed by atoms with Gasteiger partial charge < -0.3 is 14.6 Å². The third-order valence-electron chi connectivity index (χ3n) is 4.83. The number of carboxylic acids is 1. The average molecular weight is 476 g/mol. The third-order valence-corrected chi connectivity index (χ3v) is 4.83. The Labute approximate surface area is 201 Å². The van der Waals surface area contributed by atoms with Gasteiger partial charge in [0.25, 0.3) is 17.7 Å². The molecule has 3 aromatic rings. The quantitative estimate of drug-likeness (QED) is 0.478. The number of aromatic carboxylic acids is 1. The van der Waals surface area contributed by atoms with Gasteiger partial charge in [0.05, 0.1) is 5.56 Å². The predicted molar refractivity (Wildman–Crippen MR) is 126 cm³/mol. The van der Waals surface area contributed by atoms with Crippen LogP contribution in [0, 0.1) is 0 Å². The molecule has 35 heavy (non-hydrogen) atoms. The summed E-state index contributed by atoms with van der Waals surface area (Å²) in [6.07, 6.45) is -2.22. The van der Waals surface area contributed by atoms with E-state index >= 15 is 0 Å². The summed E-state index contributed by atoms with van der Waals surface area (Å²) in [5.74, 6) is -2.99. The Balaban J connectivity index is 1.84. The molecule has 2 N–H and O–H groups in total. The minimum atomic E-state index is -1.24. The first kappa shape index (κ1) is 25.0. The molecule has 3 amide bonds. The van der Waals surface area contributed by atoms with Crippen molar-refractivity contribution >= 4 is 23.7 Å². The van der Waals surface area contributed by atoms with Gasteiger partial charge in [0.15, 0.2) is 12.2 Å². The molecule has 9 heteroatoms. The topological polar surface area (TPSA) is 122 Å². The summed E-state index contributed by atoms with van der Waals surface area (Å²) in [6, 6.07) is 22.2. The number of imide groups is 1. The number of nitrogens with one attached hydrogen (secondary N) is 1. The van der Waals surface area contributed by atoms with Crippen molar-refractivity contribution in [3.63, 3.8) is 0 Å². The smallest absolute Gasteiger partial charge is 0.335 e. The van der Waals surface area contributed by atoms with Crippen LogP contribution in [0.2, 0.25) is 0 Å². The Morgan fingerprint density at radius 3 is 1.80 bits per heavy atom. The van der Waals surface area contributed by atoms with Gasteiger partial charge in [-0.25, -0.2) is 4.79 Å². The van der Waals surface area contributed by atoms with E-state index in [2.05, 4.69) is 5.43 Å². The van der Waals surface area contributed by atoms with E-state index in [0.717, 1.165) is 6.07 Å². The molecule has 0 bridgehead atoms. The van der Waals surface area contributed by atoms with Crippen LogP contribution in [0.3, 0.4) is 0 Å². The zero-order valence-electron chi connectivity index (χ0n) is 19.1. The lowest BCUT2D eigenvalue weighted by Gasteiger charge is -2.26. The number of benzene rings is 3. The Bertz CT molecular complexity index is 1200. The molecule has 0 aliphatic carbocycles. The molecular weight excluding hydrogens is 452 g/mol. The van der Waals surface area contributed by atoms with Crippen LogP contribution in [0.15, 0.2) is 84.9 Å². The van der Waals surface area contributed by atoms with Gasteiger partial charge in [0.1, 0.15) is 11.5 Å². The molecule has 0 radical (unpaired) electrons. The van der Waals surface area contributed by atoms with Gasteiger partial charge >= 0.3 is 5.97 Å². The molecule has 0 fully saturated rings. The van der Waals surface area contributed by atoms with Crippen LogP contribution in [-0.2, 0) is 9.59 Å². The number of amides is 3. The van der Waals surface area contributed by atoms with Gasteiger partial charge in [-0.15, -0.1) is 0 Å². The standard InChI is InChI=1S/C26H24N2O7/c1-17(34-21-12-5-3-6-13-21)23(29)27-28(24(30)18(2)35-22-14-7-4-8-15-22)25(31)19-10-9-11-20(16-19)26(32)33/h3-18H,1-2H3,(H,27,29)(H,32,33). The molecule has 0 aliphatic heterocycles. The number of hydrogen-bond acceptors (Lipinski definition) is 6. The number of carbonyl (C=O) groups excluding carboxylic acids is 3. The largest absolute Gasteiger partial charge is 0.481 e. The second-order valence-electron chi connectivity index (χ2n) is 7.49. The zero-order chi connectivity index (χ0) is 25.4. The van der Waals surface area contributed by atoms with Gasteiger partial charge in [0, 0.05) is 5.56 Å². The molecular formula is C26H24N2O7. The van der Waals surface area contributed by atoms with Crippen molar-refractivity contribution in [2.75, 3.05) is 0 Å². The maximum absolute atomic E-state index is 13.2. The highest BCUT2D eigenvalue weighted by molar-refractivity contribution is 6.07. The summed E-state index contributed by atoms with van der Waals surface area (Å²) in [4.78, 5) is 50.6. The van der Waals surface area contributed by atoms with Gasteiger partial charge in [-0.2, -0.15) is 5.01 Å². The van der Waals surface area contributed by atoms with Crippen molar-refractivity contribution in [2.24, 2.45) is 0 Å². The van der Waals surface area contributed by atoms with E-state index < -0.39 is 35.9 Å². The summed E-state index contributed by atoms with van der Waals surface area (Å²) in [7, 11) is 0. The second-order valence-corrected chi connectivity index (χ2v) is 7.49. The van der Waals surface area contributed by atoms with Gasteiger partial charge in [-0.05, 0) is 56.3 Å². The summed E-state index contributed by atoms with van der Waals surface area (Å²) in [6.45, 7) is 2.89. The number of carbonyl (C=O) groups is 4. The number of hydrazine groups is 1. The van der Waals surface area contributed by atoms with Crippen LogP contribution in [0.25, 0.3) is 0 Å². The molecule has 0 aliphatic rings. The summed E-state index contributed by atoms with van der Waals surface area (Å²) < 4.78 is 11.2. The van der Waals surface area contributed by atoms with E-state index in [4.69, 9.17) is 9.47 Å². The molecule has 0 spiro atoms. The van der Waals surface area contributed by atoms with Crippen molar-refractivity contribution < 1.29 is 33.8 Å². The number of nitrogens with zero attached hydrogens (tertiary/aromatic N) is 1. The first-order valence-electron chi connectivity index (χ1n) is 10.7. The molecule has 3 rings (SSSR count). The highest BCUT2D eigenvalue weighted by atomic mass is 16.5. The maximum atomic E-state index is 13.2. The molecule has 0 saturated carbocycles. The SMILES string of the molecule is CC(Oc1ccccc1)C(=O)NN(C(=O)c1cccc(C(=O)O)c1)C(=O)C(C)Oc1ccccc1. The molecule has 3 aromatic carbocycles. The molecule has 0 heterocycles. The van der Waals surface area contributed by atoms with Gasteiger partial charge in [0.2, 0.25) is 0 Å². The van der Waals surface area contributed by atoms with Crippen molar-refractivity contribution in [1.82, 2.24) is 10.4 Å². The highest BCUT2D eigenvalue weighted by Gasteiger charge is 2.32. The normalized spacial score (nSPS) is 12.1. The number of para-hydroxylation sites is 2. The highest BCUT2D eigenvalue weighted by Crippen LogP contribution is 2.15. The molecule has 180 valence electrons. The van der Waals surface area contributed by atoms with E-state index in [1.807, 2.05) is 0 Å². The number of ether oxygens (including phenoxy) is 2. The first-order valence-corrected chi connectivity index (χ1v) is 10.7. The van der Waals surface area contributed by atoms with Crippen LogP contribution in [0.4, 0.5) is 0 Å². The van der Waals surface area contributed by atoms with E-state index in [-0.39, 0.29) is 11.1 Å². The Kier molecular flexibility index (Phi) is 8.18.